The number of rotatable bonds is 6. The Morgan fingerprint density at radius 1 is 1.42 bits per heavy atom. The molecule has 0 bridgehead atoms. The van der Waals surface area contributed by atoms with Crippen LogP contribution in [0.25, 0.3) is 0 Å². The van der Waals surface area contributed by atoms with Crippen molar-refractivity contribution in [3.05, 3.63) is 11.2 Å². The smallest absolute Gasteiger partial charge is 0.397 e. The van der Waals surface area contributed by atoms with E-state index >= 15 is 0 Å². The van der Waals surface area contributed by atoms with Gasteiger partial charge in [-0.15, -0.1) is 0 Å². The Morgan fingerprint density at radius 3 is 2.08 bits per heavy atom. The molecule has 0 aliphatic rings. The van der Waals surface area contributed by atoms with Crippen molar-refractivity contribution in [1.29, 1.82) is 0 Å². The van der Waals surface area contributed by atoms with E-state index in [1.54, 1.807) is 13.8 Å². The molecule has 6 heteroatoms. The maximum atomic E-state index is 11.5. The summed E-state index contributed by atoms with van der Waals surface area (Å²) in [7, 11) is -3.42. The Labute approximate surface area is 80.6 Å². The normalized spacial score (nSPS) is 11.2. The molecule has 0 saturated heterocycles. The van der Waals surface area contributed by atoms with Crippen LogP contribution in [-0.4, -0.2) is 13.2 Å². The molecule has 0 aromatic rings. The first kappa shape index (κ1) is 12.2. The van der Waals surface area contributed by atoms with Gasteiger partial charge in [-0.1, -0.05) is 0 Å². The highest BCUT2D eigenvalue weighted by atomic mass is 79.9. The molecule has 0 aromatic carbocycles. The zero-order chi connectivity index (χ0) is 9.61. The molecular weight excluding hydrogens is 247 g/mol. The van der Waals surface area contributed by atoms with E-state index in [0.29, 0.717) is 0 Å². The van der Waals surface area contributed by atoms with Gasteiger partial charge in [0.2, 0.25) is 0 Å². The highest BCUT2D eigenvalue weighted by Crippen LogP contribution is 2.51. The van der Waals surface area contributed by atoms with Gasteiger partial charge in [0.1, 0.15) is 0 Å². The third-order valence-corrected chi connectivity index (χ3v) is 2.79. The fourth-order valence-corrected chi connectivity index (χ4v) is 2.11. The molecule has 0 aliphatic carbocycles. The number of hydrogen-bond acceptors (Lipinski definition) is 4. The van der Waals surface area contributed by atoms with Gasteiger partial charge in [0.15, 0.2) is 4.67 Å². The van der Waals surface area contributed by atoms with Crippen LogP contribution in [0.2, 0.25) is 0 Å². The first-order valence-electron chi connectivity index (χ1n) is 3.47. The second-order valence-corrected chi connectivity index (χ2v) is 4.21. The molecule has 0 unspecified atom stereocenters. The molecule has 72 valence electrons. The lowest BCUT2D eigenvalue weighted by molar-refractivity contribution is 0.152. The molecule has 0 amide bonds. The number of halogens is 1. The number of phosphoric acid groups is 1. The van der Waals surface area contributed by atoms with E-state index in [0.717, 1.165) is 0 Å². The van der Waals surface area contributed by atoms with Gasteiger partial charge >= 0.3 is 7.82 Å². The van der Waals surface area contributed by atoms with Crippen LogP contribution in [0.15, 0.2) is 11.2 Å². The fourth-order valence-electron chi connectivity index (χ4n) is 0.528. The van der Waals surface area contributed by atoms with Crippen LogP contribution >= 0.6 is 23.8 Å². The topological polar surface area (TPSA) is 44.8 Å². The highest BCUT2D eigenvalue weighted by Gasteiger charge is 2.26. The summed E-state index contributed by atoms with van der Waals surface area (Å²) in [6.45, 7) is 7.29. The molecule has 0 atom stereocenters. The minimum absolute atomic E-state index is 0.132. The van der Waals surface area contributed by atoms with Crippen LogP contribution in [0.5, 0.6) is 0 Å². The molecular formula is C6H12BrO4P. The lowest BCUT2D eigenvalue weighted by Gasteiger charge is -2.15. The lowest BCUT2D eigenvalue weighted by atomic mass is 10.9. The number of hydrogen-bond donors (Lipinski definition) is 0. The fraction of sp³-hybridized carbons (Fsp3) is 0.667. The monoisotopic (exact) mass is 258 g/mol. The van der Waals surface area contributed by atoms with Crippen LogP contribution in [0.4, 0.5) is 0 Å². The predicted octanol–water partition coefficient (Wildman–Crippen LogP) is 3.05. The summed E-state index contributed by atoms with van der Waals surface area (Å²) in [5.74, 6) is 0. The third kappa shape index (κ3) is 4.93. The molecule has 0 aliphatic heterocycles. The average molecular weight is 259 g/mol. The minimum atomic E-state index is -3.42. The molecule has 0 aromatic heterocycles. The van der Waals surface area contributed by atoms with Crippen LogP contribution < -0.4 is 0 Å². The summed E-state index contributed by atoms with van der Waals surface area (Å²) in [5, 5.41) is 0. The van der Waals surface area contributed by atoms with Crippen molar-refractivity contribution in [2.24, 2.45) is 0 Å². The molecule has 0 N–H and O–H groups in total. The molecule has 0 radical (unpaired) electrons. The van der Waals surface area contributed by atoms with Gasteiger partial charge < -0.3 is 4.52 Å². The van der Waals surface area contributed by atoms with Gasteiger partial charge in [-0.05, 0) is 36.4 Å². The van der Waals surface area contributed by atoms with Gasteiger partial charge in [0.25, 0.3) is 0 Å². The first-order chi connectivity index (χ1) is 5.54. The van der Waals surface area contributed by atoms with Crippen molar-refractivity contribution < 1.29 is 18.1 Å². The summed E-state index contributed by atoms with van der Waals surface area (Å²) in [6, 6.07) is 0. The van der Waals surface area contributed by atoms with Crippen LogP contribution in [-0.2, 0) is 18.1 Å². The standard InChI is InChI=1S/C6H12BrO4P/c1-4-9-12(8,10-5-2)11-6(3)7/h3-5H2,1-2H3. The van der Waals surface area contributed by atoms with Crippen LogP contribution in [0.3, 0.4) is 0 Å². The summed E-state index contributed by atoms with van der Waals surface area (Å²) >= 11 is 2.90. The van der Waals surface area contributed by atoms with Gasteiger partial charge in [0, 0.05) is 0 Å². The lowest BCUT2D eigenvalue weighted by Crippen LogP contribution is -1.97. The van der Waals surface area contributed by atoms with Crippen molar-refractivity contribution >= 4 is 23.8 Å². The van der Waals surface area contributed by atoms with E-state index in [2.05, 4.69) is 22.5 Å². The Hall–Kier alpha value is 0.170. The van der Waals surface area contributed by atoms with Gasteiger partial charge in [-0.3, -0.25) is 9.05 Å². The first-order valence-corrected chi connectivity index (χ1v) is 5.72. The van der Waals surface area contributed by atoms with E-state index in [1.807, 2.05) is 0 Å². The third-order valence-electron chi connectivity index (χ3n) is 0.785. The zero-order valence-corrected chi connectivity index (χ0v) is 9.56. The minimum Gasteiger partial charge on any atom is -0.397 e. The summed E-state index contributed by atoms with van der Waals surface area (Å²) < 4.78 is 26.0. The Bertz CT molecular complexity index is 184. The van der Waals surface area contributed by atoms with Crippen molar-refractivity contribution in [2.75, 3.05) is 13.2 Å². The maximum Gasteiger partial charge on any atom is 0.530 e. The summed E-state index contributed by atoms with van der Waals surface area (Å²) in [5.41, 5.74) is 0. The maximum absolute atomic E-state index is 11.5. The van der Waals surface area contributed by atoms with Crippen molar-refractivity contribution in [3.8, 4) is 0 Å². The second-order valence-electron chi connectivity index (χ2n) is 1.73. The molecule has 0 saturated carbocycles. The van der Waals surface area contributed by atoms with Crippen LogP contribution in [0.1, 0.15) is 13.8 Å². The SMILES string of the molecule is C=C(Br)OP(=O)(OCC)OCC. The van der Waals surface area contributed by atoms with Crippen molar-refractivity contribution in [1.82, 2.24) is 0 Å². The number of phosphoric ester groups is 1. The quantitative estimate of drug-likeness (QED) is 0.543. The molecule has 0 spiro atoms. The van der Waals surface area contributed by atoms with Gasteiger partial charge in [0.05, 0.1) is 13.2 Å². The Kier molecular flexibility index (Phi) is 5.84. The molecule has 0 heterocycles. The van der Waals surface area contributed by atoms with E-state index < -0.39 is 7.82 Å². The molecule has 4 nitrogen and oxygen atoms in total. The van der Waals surface area contributed by atoms with Gasteiger partial charge in [-0.2, -0.15) is 0 Å². The van der Waals surface area contributed by atoms with Crippen molar-refractivity contribution in [2.45, 2.75) is 13.8 Å². The summed E-state index contributed by atoms with van der Waals surface area (Å²) in [6.07, 6.45) is 0. The summed E-state index contributed by atoms with van der Waals surface area (Å²) in [4.78, 5) is 0. The highest BCUT2D eigenvalue weighted by molar-refractivity contribution is 9.11. The van der Waals surface area contributed by atoms with Crippen LogP contribution in [0, 0.1) is 0 Å². The Morgan fingerprint density at radius 2 is 1.83 bits per heavy atom. The van der Waals surface area contributed by atoms with E-state index in [4.69, 9.17) is 13.6 Å². The van der Waals surface area contributed by atoms with E-state index in [9.17, 15) is 4.57 Å². The van der Waals surface area contributed by atoms with Gasteiger partial charge in [-0.25, -0.2) is 4.57 Å². The largest absolute Gasteiger partial charge is 0.530 e. The van der Waals surface area contributed by atoms with E-state index in [-0.39, 0.29) is 17.9 Å². The zero-order valence-electron chi connectivity index (χ0n) is 7.08. The van der Waals surface area contributed by atoms with Crippen molar-refractivity contribution in [3.63, 3.8) is 0 Å². The second kappa shape index (κ2) is 5.75. The molecule has 0 rings (SSSR count). The average Bonchev–Trinajstić information content (AvgIpc) is 1.85. The predicted molar refractivity (Wildman–Crippen MR) is 50.0 cm³/mol. The van der Waals surface area contributed by atoms with E-state index in [1.165, 1.54) is 0 Å². The Balaban J connectivity index is 4.18. The molecule has 0 fully saturated rings. The molecule has 12 heavy (non-hydrogen) atoms.